The van der Waals surface area contributed by atoms with E-state index in [4.69, 9.17) is 36.3 Å². The lowest BCUT2D eigenvalue weighted by Crippen LogP contribution is -2.36. The van der Waals surface area contributed by atoms with E-state index in [1.54, 1.807) is 0 Å². The van der Waals surface area contributed by atoms with E-state index >= 15 is 0 Å². The molecule has 1 aliphatic carbocycles. The highest BCUT2D eigenvalue weighted by Gasteiger charge is 2.29. The van der Waals surface area contributed by atoms with Crippen LogP contribution in [0.1, 0.15) is 40.0 Å². The predicted molar refractivity (Wildman–Crippen MR) is 70.0 cm³/mol. The summed E-state index contributed by atoms with van der Waals surface area (Å²) in [5, 5.41) is 16.2. The van der Waals surface area contributed by atoms with Crippen molar-refractivity contribution in [2.75, 3.05) is 0 Å². The summed E-state index contributed by atoms with van der Waals surface area (Å²) >= 11 is 0. The van der Waals surface area contributed by atoms with Crippen molar-refractivity contribution in [3.05, 3.63) is 0 Å². The van der Waals surface area contributed by atoms with Gasteiger partial charge in [0.1, 0.15) is 0 Å². The van der Waals surface area contributed by atoms with Crippen LogP contribution >= 0.6 is 0 Å². The highest BCUT2D eigenvalue weighted by molar-refractivity contribution is 5.26. The molecule has 0 bridgehead atoms. The average Bonchev–Trinajstić information content (AvgIpc) is 2.16. The van der Waals surface area contributed by atoms with E-state index in [1.165, 1.54) is 19.3 Å². The molecule has 0 heterocycles. The quantitative estimate of drug-likeness (QED) is 0.392. The first-order chi connectivity index (χ1) is 8.74. The molecule has 0 aliphatic heterocycles. The maximum atomic E-state index is 8.35. The average molecular weight is 270 g/mol. The minimum atomic E-state index is 0.457. The molecule has 0 spiro atoms. The molecule has 0 saturated heterocycles. The van der Waals surface area contributed by atoms with Gasteiger partial charge in [-0.2, -0.15) is 0 Å². The first kappa shape index (κ1) is 22.3. The van der Waals surface area contributed by atoms with Crippen molar-refractivity contribution in [1.82, 2.24) is 0 Å². The lowest BCUT2D eigenvalue weighted by Gasteiger charge is -2.37. The van der Waals surface area contributed by atoms with E-state index in [1.807, 2.05) is 0 Å². The van der Waals surface area contributed by atoms with Gasteiger partial charge in [0.2, 0.25) is 18.2 Å². The minimum Gasteiger partial charge on any atom is -0.328 e. The van der Waals surface area contributed by atoms with E-state index in [0.29, 0.717) is 11.5 Å². The van der Waals surface area contributed by atoms with E-state index in [-0.39, 0.29) is 0 Å². The molecule has 7 nitrogen and oxygen atoms in total. The molecule has 0 aromatic carbocycles. The van der Waals surface area contributed by atoms with Crippen LogP contribution in [0.25, 0.3) is 0 Å². The monoisotopic (exact) mass is 270 g/mol. The molecular formula is C12H22N4O3. The standard InChI is InChI=1S/C9H19N.3CHNO/c1-7-4-8(10)6-9(2,3)5-7;3*2-1-3/h7-8H,4-6,10H2,1-3H3;3*2H. The van der Waals surface area contributed by atoms with Crippen molar-refractivity contribution >= 4 is 18.2 Å². The van der Waals surface area contributed by atoms with Crippen LogP contribution < -0.4 is 5.73 Å². The molecule has 1 rings (SSSR count). The Hall–Kier alpha value is -1.90. The largest absolute Gasteiger partial charge is 0.328 e. The Morgan fingerprint density at radius 2 is 1.32 bits per heavy atom. The van der Waals surface area contributed by atoms with Crippen LogP contribution in [0.4, 0.5) is 0 Å². The van der Waals surface area contributed by atoms with Crippen LogP contribution in [0.3, 0.4) is 0 Å². The smallest absolute Gasteiger partial charge is 0.231 e. The van der Waals surface area contributed by atoms with Crippen LogP contribution in [0.15, 0.2) is 0 Å². The Morgan fingerprint density at radius 1 is 1.00 bits per heavy atom. The molecule has 1 fully saturated rings. The molecule has 5 N–H and O–H groups in total. The summed E-state index contributed by atoms with van der Waals surface area (Å²) in [5.74, 6) is 0.832. The van der Waals surface area contributed by atoms with Gasteiger partial charge in [0.15, 0.2) is 0 Å². The molecule has 108 valence electrons. The maximum Gasteiger partial charge on any atom is 0.231 e. The van der Waals surface area contributed by atoms with Crippen LogP contribution in [0.2, 0.25) is 0 Å². The van der Waals surface area contributed by atoms with Gasteiger partial charge < -0.3 is 5.73 Å². The summed E-state index contributed by atoms with van der Waals surface area (Å²) in [6.07, 6.45) is 6.03. The van der Waals surface area contributed by atoms with Gasteiger partial charge in [-0.05, 0) is 30.6 Å². The van der Waals surface area contributed by atoms with Gasteiger partial charge in [0, 0.05) is 6.04 Å². The van der Waals surface area contributed by atoms with Gasteiger partial charge in [0.25, 0.3) is 0 Å². The first-order valence-electron chi connectivity index (χ1n) is 5.61. The van der Waals surface area contributed by atoms with E-state index in [9.17, 15) is 0 Å². The third-order valence-corrected chi connectivity index (χ3v) is 2.42. The van der Waals surface area contributed by atoms with E-state index < -0.39 is 0 Å². The summed E-state index contributed by atoms with van der Waals surface area (Å²) in [4.78, 5) is 25.0. The van der Waals surface area contributed by atoms with Crippen molar-refractivity contribution in [1.29, 1.82) is 16.2 Å². The zero-order valence-corrected chi connectivity index (χ0v) is 11.6. The Bertz CT molecular complexity index is 283. The van der Waals surface area contributed by atoms with Gasteiger partial charge >= 0.3 is 0 Å². The number of isocyanates is 3. The number of carbonyl (C=O) groups excluding carboxylic acids is 3. The van der Waals surface area contributed by atoms with Gasteiger partial charge in [-0.15, -0.1) is 0 Å². The lowest BCUT2D eigenvalue weighted by molar-refractivity contribution is 0.170. The van der Waals surface area contributed by atoms with Gasteiger partial charge in [-0.1, -0.05) is 20.8 Å². The molecule has 0 aromatic heterocycles. The summed E-state index contributed by atoms with van der Waals surface area (Å²) in [6, 6.07) is 0.457. The highest BCUT2D eigenvalue weighted by atomic mass is 16.1. The number of nitrogens with one attached hydrogen (secondary N) is 3. The molecule has 0 amide bonds. The third kappa shape index (κ3) is 21.9. The Kier molecular flexibility index (Phi) is 16.6. The zero-order chi connectivity index (χ0) is 15.9. The summed E-state index contributed by atoms with van der Waals surface area (Å²) in [7, 11) is 0. The van der Waals surface area contributed by atoms with Crippen molar-refractivity contribution in [3.63, 3.8) is 0 Å². The van der Waals surface area contributed by atoms with E-state index in [2.05, 4.69) is 20.8 Å². The molecule has 2 unspecified atom stereocenters. The lowest BCUT2D eigenvalue weighted by atomic mass is 9.71. The molecule has 19 heavy (non-hydrogen) atoms. The topological polar surface area (TPSA) is 149 Å². The number of hydrogen-bond donors (Lipinski definition) is 4. The highest BCUT2D eigenvalue weighted by Crippen LogP contribution is 2.37. The molecule has 2 atom stereocenters. The van der Waals surface area contributed by atoms with Crippen LogP contribution in [-0.4, -0.2) is 24.3 Å². The summed E-state index contributed by atoms with van der Waals surface area (Å²) < 4.78 is 0. The summed E-state index contributed by atoms with van der Waals surface area (Å²) in [5.41, 5.74) is 6.40. The second kappa shape index (κ2) is 14.2. The third-order valence-electron chi connectivity index (χ3n) is 2.42. The maximum absolute atomic E-state index is 8.35. The van der Waals surface area contributed by atoms with Crippen molar-refractivity contribution in [3.8, 4) is 0 Å². The Balaban J connectivity index is -0.000000238. The Morgan fingerprint density at radius 3 is 1.53 bits per heavy atom. The number of hydrogen-bond acceptors (Lipinski definition) is 7. The second-order valence-electron chi connectivity index (χ2n) is 4.98. The van der Waals surface area contributed by atoms with Crippen molar-refractivity contribution in [2.24, 2.45) is 17.1 Å². The number of nitrogens with two attached hydrogens (primary N) is 1. The fourth-order valence-corrected chi connectivity index (χ4v) is 2.42. The molecule has 0 radical (unpaired) electrons. The molecule has 0 aromatic rings. The Labute approximate surface area is 113 Å². The second-order valence-corrected chi connectivity index (χ2v) is 4.98. The zero-order valence-electron chi connectivity index (χ0n) is 11.6. The van der Waals surface area contributed by atoms with Gasteiger partial charge in [-0.3, -0.25) is 0 Å². The normalized spacial score (nSPS) is 22.1. The van der Waals surface area contributed by atoms with Crippen LogP contribution in [-0.2, 0) is 14.4 Å². The van der Waals surface area contributed by atoms with Crippen molar-refractivity contribution < 1.29 is 14.4 Å². The fourth-order valence-electron chi connectivity index (χ4n) is 2.42. The molecule has 7 heteroatoms. The van der Waals surface area contributed by atoms with Gasteiger partial charge in [0.05, 0.1) is 0 Å². The molecule has 1 saturated carbocycles. The van der Waals surface area contributed by atoms with Crippen LogP contribution in [0.5, 0.6) is 0 Å². The minimum absolute atomic E-state index is 0.457. The van der Waals surface area contributed by atoms with Gasteiger partial charge in [-0.25, -0.2) is 30.6 Å². The fraction of sp³-hybridized carbons (Fsp3) is 0.750. The molecule has 1 aliphatic rings. The SMILES string of the molecule is CC1CC(N)CC(C)(C)C1.N=C=O.N=C=O.N=C=O. The predicted octanol–water partition coefficient (Wildman–Crippen LogP) is 1.86. The van der Waals surface area contributed by atoms with Crippen LogP contribution in [0, 0.1) is 27.6 Å². The van der Waals surface area contributed by atoms with E-state index in [0.717, 1.165) is 24.2 Å². The van der Waals surface area contributed by atoms with Crippen molar-refractivity contribution in [2.45, 2.75) is 46.1 Å². The first-order valence-corrected chi connectivity index (χ1v) is 5.61. The number of rotatable bonds is 0. The molecular weight excluding hydrogens is 248 g/mol. The summed E-state index contributed by atoms with van der Waals surface area (Å²) in [6.45, 7) is 6.95.